The van der Waals surface area contributed by atoms with E-state index in [0.29, 0.717) is 18.1 Å². The van der Waals surface area contributed by atoms with Gasteiger partial charge in [0.05, 0.1) is 24.3 Å². The van der Waals surface area contributed by atoms with Gasteiger partial charge in [0.25, 0.3) is 5.91 Å². The second kappa shape index (κ2) is 7.78. The molecule has 1 aromatic carbocycles. The molecule has 1 saturated heterocycles. The lowest BCUT2D eigenvalue weighted by Crippen LogP contribution is -2.37. The van der Waals surface area contributed by atoms with Crippen molar-refractivity contribution in [1.29, 1.82) is 0 Å². The van der Waals surface area contributed by atoms with E-state index in [9.17, 15) is 15.0 Å². The van der Waals surface area contributed by atoms with E-state index in [4.69, 9.17) is 0 Å². The van der Waals surface area contributed by atoms with Crippen molar-refractivity contribution >= 4 is 22.8 Å². The van der Waals surface area contributed by atoms with Gasteiger partial charge in [0, 0.05) is 29.7 Å². The minimum atomic E-state index is -0.192. The van der Waals surface area contributed by atoms with Gasteiger partial charge in [-0.15, -0.1) is 0 Å². The maximum atomic E-state index is 12.8. The first-order valence-corrected chi connectivity index (χ1v) is 9.77. The summed E-state index contributed by atoms with van der Waals surface area (Å²) < 4.78 is 0. The second-order valence-electron chi connectivity index (χ2n) is 7.59. The molecule has 1 atom stereocenters. The third kappa shape index (κ3) is 3.89. The highest BCUT2D eigenvalue weighted by Crippen LogP contribution is 2.24. The third-order valence-corrected chi connectivity index (χ3v) is 5.71. The summed E-state index contributed by atoms with van der Waals surface area (Å²) >= 11 is 0. The molecule has 27 heavy (non-hydrogen) atoms. The predicted molar refractivity (Wildman–Crippen MR) is 103 cm³/mol. The number of aliphatic hydroxyl groups is 2. The normalized spacial score (nSPS) is 25.7. The molecule has 144 valence electrons. The van der Waals surface area contributed by atoms with E-state index < -0.39 is 0 Å². The number of amides is 1. The molecule has 1 amide bonds. The summed E-state index contributed by atoms with van der Waals surface area (Å²) in [5.41, 5.74) is 1.32. The maximum Gasteiger partial charge on any atom is 0.254 e. The van der Waals surface area contributed by atoms with E-state index in [1.807, 2.05) is 12.1 Å². The highest BCUT2D eigenvalue weighted by molar-refractivity contribution is 5.98. The molecule has 2 fully saturated rings. The van der Waals surface area contributed by atoms with Crippen LogP contribution in [0, 0.1) is 0 Å². The number of nitrogens with one attached hydrogen (secondary N) is 1. The molecule has 0 bridgehead atoms. The summed E-state index contributed by atoms with van der Waals surface area (Å²) in [5.74, 6) is 0.505. The molecule has 1 aliphatic heterocycles. The zero-order chi connectivity index (χ0) is 18.8. The molecule has 2 heterocycles. The first kappa shape index (κ1) is 18.1. The van der Waals surface area contributed by atoms with E-state index in [-0.39, 0.29) is 30.7 Å². The molecule has 0 radical (unpaired) electrons. The van der Waals surface area contributed by atoms with Crippen LogP contribution in [0.15, 0.2) is 24.4 Å². The Kier molecular flexibility index (Phi) is 5.22. The standard InChI is InChI=1S/C20H26N4O3/c25-12-16-2-1-9-24(16)19(27)13-3-4-14-11-21-20(23-18(14)10-13)22-15-5-7-17(26)8-6-15/h3-4,10-11,15-17,25-26H,1-2,5-9,12H2,(H,21,22,23)/t15-,16-,17-/m1/s1. The number of aliphatic hydroxyl groups excluding tert-OH is 2. The Balaban J connectivity index is 1.53. The molecule has 7 heteroatoms. The number of carbonyl (C=O) groups is 1. The van der Waals surface area contributed by atoms with Crippen molar-refractivity contribution in [3.8, 4) is 0 Å². The monoisotopic (exact) mass is 370 g/mol. The maximum absolute atomic E-state index is 12.8. The van der Waals surface area contributed by atoms with Crippen LogP contribution in [0.1, 0.15) is 48.9 Å². The number of hydrogen-bond donors (Lipinski definition) is 3. The largest absolute Gasteiger partial charge is 0.394 e. The van der Waals surface area contributed by atoms with Gasteiger partial charge in [-0.25, -0.2) is 9.97 Å². The first-order chi connectivity index (χ1) is 13.1. The number of hydrogen-bond acceptors (Lipinski definition) is 6. The molecule has 2 aliphatic rings. The van der Waals surface area contributed by atoms with Crippen molar-refractivity contribution in [2.45, 2.75) is 56.7 Å². The lowest BCUT2D eigenvalue weighted by molar-refractivity contribution is 0.0677. The van der Waals surface area contributed by atoms with Gasteiger partial charge in [0.1, 0.15) is 0 Å². The third-order valence-electron chi connectivity index (χ3n) is 5.71. The number of carbonyl (C=O) groups excluding carboxylic acids is 1. The summed E-state index contributed by atoms with van der Waals surface area (Å²) in [6.45, 7) is 0.692. The van der Waals surface area contributed by atoms with Crippen molar-refractivity contribution in [1.82, 2.24) is 14.9 Å². The Bertz CT molecular complexity index is 820. The summed E-state index contributed by atoms with van der Waals surface area (Å²) in [4.78, 5) is 23.6. The molecule has 2 aromatic rings. The van der Waals surface area contributed by atoms with E-state index >= 15 is 0 Å². The molecule has 7 nitrogen and oxygen atoms in total. The Labute approximate surface area is 158 Å². The summed E-state index contributed by atoms with van der Waals surface area (Å²) in [6, 6.07) is 5.66. The Morgan fingerprint density at radius 1 is 1.22 bits per heavy atom. The van der Waals surface area contributed by atoms with Crippen LogP contribution in [0.2, 0.25) is 0 Å². The number of nitrogens with zero attached hydrogens (tertiary/aromatic N) is 3. The van der Waals surface area contributed by atoms with Gasteiger partial charge in [0.15, 0.2) is 0 Å². The highest BCUT2D eigenvalue weighted by Gasteiger charge is 2.29. The molecular weight excluding hydrogens is 344 g/mol. The lowest BCUT2D eigenvalue weighted by atomic mass is 9.93. The molecule has 0 spiro atoms. The first-order valence-electron chi connectivity index (χ1n) is 9.77. The van der Waals surface area contributed by atoms with Crippen LogP contribution in [0.5, 0.6) is 0 Å². The molecule has 4 rings (SSSR count). The minimum absolute atomic E-state index is 0.00560. The Morgan fingerprint density at radius 3 is 2.81 bits per heavy atom. The lowest BCUT2D eigenvalue weighted by Gasteiger charge is -2.26. The van der Waals surface area contributed by atoms with Gasteiger partial charge in [-0.05, 0) is 50.7 Å². The zero-order valence-corrected chi connectivity index (χ0v) is 15.3. The van der Waals surface area contributed by atoms with Gasteiger partial charge in [0.2, 0.25) is 5.95 Å². The summed E-state index contributed by atoms with van der Waals surface area (Å²) in [6.07, 6.45) is 6.75. The van der Waals surface area contributed by atoms with Crippen LogP contribution in [0.3, 0.4) is 0 Å². The van der Waals surface area contributed by atoms with Gasteiger partial charge in [-0.1, -0.05) is 6.07 Å². The molecule has 0 unspecified atom stereocenters. The van der Waals surface area contributed by atoms with Crippen molar-refractivity contribution in [2.75, 3.05) is 18.5 Å². The summed E-state index contributed by atoms with van der Waals surface area (Å²) in [5, 5.41) is 23.3. The van der Waals surface area contributed by atoms with Crippen LogP contribution >= 0.6 is 0 Å². The van der Waals surface area contributed by atoms with Crippen molar-refractivity contribution in [3.63, 3.8) is 0 Å². The number of benzene rings is 1. The molecule has 3 N–H and O–H groups in total. The Morgan fingerprint density at radius 2 is 2.04 bits per heavy atom. The summed E-state index contributed by atoms with van der Waals surface area (Å²) in [7, 11) is 0. The number of rotatable bonds is 4. The fourth-order valence-corrected chi connectivity index (χ4v) is 4.09. The molecule has 1 saturated carbocycles. The fourth-order valence-electron chi connectivity index (χ4n) is 4.09. The molecular formula is C20H26N4O3. The quantitative estimate of drug-likeness (QED) is 0.761. The van der Waals surface area contributed by atoms with Gasteiger partial charge in [-0.2, -0.15) is 0 Å². The van der Waals surface area contributed by atoms with E-state index in [1.165, 1.54) is 0 Å². The van der Waals surface area contributed by atoms with Gasteiger partial charge < -0.3 is 20.4 Å². The van der Waals surface area contributed by atoms with Crippen LogP contribution < -0.4 is 5.32 Å². The van der Waals surface area contributed by atoms with Gasteiger partial charge >= 0.3 is 0 Å². The van der Waals surface area contributed by atoms with Crippen LogP contribution in [0.4, 0.5) is 5.95 Å². The minimum Gasteiger partial charge on any atom is -0.394 e. The van der Waals surface area contributed by atoms with Crippen LogP contribution in [0.25, 0.3) is 10.9 Å². The van der Waals surface area contributed by atoms with E-state index in [1.54, 1.807) is 17.2 Å². The number of aromatic nitrogens is 2. The Hall–Kier alpha value is -2.25. The van der Waals surface area contributed by atoms with Crippen LogP contribution in [-0.2, 0) is 0 Å². The zero-order valence-electron chi connectivity index (χ0n) is 15.3. The van der Waals surface area contributed by atoms with E-state index in [2.05, 4.69) is 15.3 Å². The number of fused-ring (bicyclic) bond motifs is 1. The topological polar surface area (TPSA) is 98.6 Å². The predicted octanol–water partition coefficient (Wildman–Crippen LogP) is 1.94. The fraction of sp³-hybridized carbons (Fsp3) is 0.550. The average molecular weight is 370 g/mol. The molecule has 1 aromatic heterocycles. The van der Waals surface area contributed by atoms with Crippen molar-refractivity contribution in [2.24, 2.45) is 0 Å². The SMILES string of the molecule is O=C(c1ccc2cnc(N[C@H]3CC[C@H](O)CC3)nc2c1)N1CCC[C@@H]1CO. The second-order valence-corrected chi connectivity index (χ2v) is 7.59. The van der Waals surface area contributed by atoms with E-state index in [0.717, 1.165) is 49.4 Å². The molecule has 1 aliphatic carbocycles. The average Bonchev–Trinajstić information content (AvgIpc) is 3.17. The van der Waals surface area contributed by atoms with Gasteiger partial charge in [-0.3, -0.25) is 4.79 Å². The van der Waals surface area contributed by atoms with Crippen LogP contribution in [-0.4, -0.2) is 62.3 Å². The number of likely N-dealkylation sites (tertiary alicyclic amines) is 1. The highest BCUT2D eigenvalue weighted by atomic mass is 16.3. The number of anilines is 1. The van der Waals surface area contributed by atoms with Crippen molar-refractivity contribution < 1.29 is 15.0 Å². The smallest absolute Gasteiger partial charge is 0.254 e. The van der Waals surface area contributed by atoms with Crippen molar-refractivity contribution in [3.05, 3.63) is 30.0 Å².